The Labute approximate surface area is 122 Å². The molecule has 20 heavy (non-hydrogen) atoms. The van der Waals surface area contributed by atoms with Crippen LogP contribution in [0.5, 0.6) is 5.75 Å². The monoisotopic (exact) mass is 299 g/mol. The van der Waals surface area contributed by atoms with Crippen molar-refractivity contribution in [1.82, 2.24) is 0 Å². The van der Waals surface area contributed by atoms with Crippen molar-refractivity contribution >= 4 is 8.32 Å². The van der Waals surface area contributed by atoms with Crippen molar-refractivity contribution in [2.24, 2.45) is 5.73 Å². The van der Waals surface area contributed by atoms with E-state index in [1.165, 1.54) is 19.2 Å². The Bertz CT molecular complexity index is 458. The fraction of sp³-hybridized carbons (Fsp3) is 0.600. The molecule has 0 aliphatic heterocycles. The van der Waals surface area contributed by atoms with E-state index in [1.807, 2.05) is 0 Å². The van der Waals surface area contributed by atoms with Crippen LogP contribution in [0.25, 0.3) is 0 Å². The summed E-state index contributed by atoms with van der Waals surface area (Å²) in [6.45, 7) is 11.3. The van der Waals surface area contributed by atoms with E-state index in [4.69, 9.17) is 14.9 Å². The number of nitrogens with two attached hydrogens (primary N) is 1. The molecule has 0 radical (unpaired) electrons. The van der Waals surface area contributed by atoms with E-state index in [1.54, 1.807) is 6.07 Å². The Hall–Kier alpha value is -0.913. The first-order valence-electron chi connectivity index (χ1n) is 6.81. The highest BCUT2D eigenvalue weighted by Gasteiger charge is 2.37. The van der Waals surface area contributed by atoms with Crippen LogP contribution in [-0.2, 0) is 4.43 Å². The lowest BCUT2D eigenvalue weighted by atomic mass is 10.1. The Kier molecular flexibility index (Phi) is 5.35. The van der Waals surface area contributed by atoms with E-state index in [0.29, 0.717) is 17.9 Å². The van der Waals surface area contributed by atoms with Gasteiger partial charge in [-0.25, -0.2) is 4.39 Å². The average molecular weight is 299 g/mol. The summed E-state index contributed by atoms with van der Waals surface area (Å²) in [5.41, 5.74) is 6.81. The van der Waals surface area contributed by atoms with Gasteiger partial charge in [-0.1, -0.05) is 20.8 Å². The van der Waals surface area contributed by atoms with Crippen LogP contribution in [0.3, 0.4) is 0 Å². The largest absolute Gasteiger partial charge is 0.497 e. The summed E-state index contributed by atoms with van der Waals surface area (Å²) in [5, 5.41) is 0.131. The van der Waals surface area contributed by atoms with Crippen molar-refractivity contribution in [2.75, 3.05) is 13.7 Å². The van der Waals surface area contributed by atoms with Gasteiger partial charge < -0.3 is 14.9 Å². The van der Waals surface area contributed by atoms with Crippen molar-refractivity contribution in [3.05, 3.63) is 29.6 Å². The molecule has 114 valence electrons. The highest BCUT2D eigenvalue weighted by atomic mass is 28.4. The molecule has 1 aromatic carbocycles. The fourth-order valence-corrected chi connectivity index (χ4v) is 2.56. The van der Waals surface area contributed by atoms with Crippen LogP contribution in [0.1, 0.15) is 32.4 Å². The lowest BCUT2D eigenvalue weighted by Crippen LogP contribution is -2.42. The van der Waals surface area contributed by atoms with Gasteiger partial charge in [-0.05, 0) is 35.8 Å². The van der Waals surface area contributed by atoms with Gasteiger partial charge in [0, 0.05) is 6.07 Å². The Morgan fingerprint density at radius 3 is 2.35 bits per heavy atom. The van der Waals surface area contributed by atoms with E-state index in [9.17, 15) is 4.39 Å². The molecule has 0 unspecified atom stereocenters. The SMILES string of the molecule is COc1cc(F)cc([C@H](N)CO[Si](C)(C)C(C)(C)C)c1. The molecule has 0 saturated heterocycles. The molecule has 0 aromatic heterocycles. The summed E-state index contributed by atoms with van der Waals surface area (Å²) in [5.74, 6) is 0.130. The summed E-state index contributed by atoms with van der Waals surface area (Å²) >= 11 is 0. The number of methoxy groups -OCH3 is 1. The Balaban J connectivity index is 2.77. The predicted octanol–water partition coefficient (Wildman–Crippen LogP) is 3.86. The summed E-state index contributed by atoms with van der Waals surface area (Å²) in [4.78, 5) is 0. The zero-order valence-electron chi connectivity index (χ0n) is 13.3. The highest BCUT2D eigenvalue weighted by molar-refractivity contribution is 6.74. The molecule has 0 fully saturated rings. The highest BCUT2D eigenvalue weighted by Crippen LogP contribution is 2.37. The maximum absolute atomic E-state index is 13.5. The van der Waals surface area contributed by atoms with Crippen molar-refractivity contribution in [3.63, 3.8) is 0 Å². The molecular weight excluding hydrogens is 273 g/mol. The summed E-state index contributed by atoms with van der Waals surface area (Å²) in [7, 11) is -0.331. The summed E-state index contributed by atoms with van der Waals surface area (Å²) < 4.78 is 24.6. The minimum atomic E-state index is -1.84. The van der Waals surface area contributed by atoms with Crippen molar-refractivity contribution < 1.29 is 13.6 Å². The average Bonchev–Trinajstić information content (AvgIpc) is 2.33. The Morgan fingerprint density at radius 1 is 1.25 bits per heavy atom. The van der Waals surface area contributed by atoms with E-state index in [-0.39, 0.29) is 16.9 Å². The zero-order chi connectivity index (χ0) is 15.6. The van der Waals surface area contributed by atoms with Crippen LogP contribution in [0.4, 0.5) is 4.39 Å². The normalized spacial score (nSPS) is 14.2. The summed E-state index contributed by atoms with van der Waals surface area (Å²) in [6.07, 6.45) is 0. The molecular formula is C15H26FNO2Si. The minimum absolute atomic E-state index is 0.131. The van der Waals surface area contributed by atoms with Crippen molar-refractivity contribution in [2.45, 2.75) is 44.9 Å². The van der Waals surface area contributed by atoms with Gasteiger partial charge in [0.05, 0.1) is 19.8 Å². The molecule has 0 aliphatic rings. The second-order valence-corrected chi connectivity index (χ2v) is 11.4. The molecule has 0 aliphatic carbocycles. The van der Waals surface area contributed by atoms with Gasteiger partial charge in [0.15, 0.2) is 8.32 Å². The molecule has 0 amide bonds. The topological polar surface area (TPSA) is 44.5 Å². The third-order valence-corrected chi connectivity index (χ3v) is 8.49. The number of rotatable bonds is 5. The third-order valence-electron chi connectivity index (χ3n) is 3.99. The van der Waals surface area contributed by atoms with Crippen LogP contribution in [0.15, 0.2) is 18.2 Å². The maximum Gasteiger partial charge on any atom is 0.192 e. The van der Waals surface area contributed by atoms with Crippen molar-refractivity contribution in [1.29, 1.82) is 0 Å². The van der Waals surface area contributed by atoms with E-state index in [0.717, 1.165) is 0 Å². The van der Waals surface area contributed by atoms with Gasteiger partial charge in [-0.2, -0.15) is 0 Å². The van der Waals surface area contributed by atoms with Gasteiger partial charge in [0.2, 0.25) is 0 Å². The number of hydrogen-bond acceptors (Lipinski definition) is 3. The lowest BCUT2D eigenvalue weighted by molar-refractivity contribution is 0.264. The molecule has 3 nitrogen and oxygen atoms in total. The van der Waals surface area contributed by atoms with Crippen LogP contribution >= 0.6 is 0 Å². The Morgan fingerprint density at radius 2 is 1.85 bits per heavy atom. The molecule has 5 heteroatoms. The standard InChI is InChI=1S/C15H26FNO2Si/c1-15(2,3)20(5,6)19-10-14(17)11-7-12(16)9-13(8-11)18-4/h7-9,14H,10,17H2,1-6H3/t14-/m1/s1. The van der Waals surface area contributed by atoms with Crippen molar-refractivity contribution in [3.8, 4) is 5.75 Å². The van der Waals surface area contributed by atoms with Crippen LogP contribution in [-0.4, -0.2) is 22.0 Å². The third kappa shape index (κ3) is 4.29. The molecule has 1 rings (SSSR count). The number of hydrogen-bond donors (Lipinski definition) is 1. The van der Waals surface area contributed by atoms with Gasteiger partial charge in [0.25, 0.3) is 0 Å². The molecule has 0 heterocycles. The summed E-state index contributed by atoms with van der Waals surface area (Å²) in [6, 6.07) is 4.17. The quantitative estimate of drug-likeness (QED) is 0.840. The van der Waals surface area contributed by atoms with Crippen LogP contribution in [0.2, 0.25) is 18.1 Å². The molecule has 0 bridgehead atoms. The number of benzene rings is 1. The molecule has 2 N–H and O–H groups in total. The molecule has 0 spiro atoms. The fourth-order valence-electron chi connectivity index (χ4n) is 1.53. The van der Waals surface area contributed by atoms with Gasteiger partial charge in [0.1, 0.15) is 11.6 Å². The molecule has 0 saturated carbocycles. The van der Waals surface area contributed by atoms with E-state index >= 15 is 0 Å². The van der Waals surface area contributed by atoms with Crippen LogP contribution in [0, 0.1) is 5.82 Å². The zero-order valence-corrected chi connectivity index (χ0v) is 14.3. The molecule has 1 atom stereocenters. The van der Waals surface area contributed by atoms with Gasteiger partial charge in [-0.15, -0.1) is 0 Å². The van der Waals surface area contributed by atoms with E-state index in [2.05, 4.69) is 33.9 Å². The number of halogens is 1. The van der Waals surface area contributed by atoms with Crippen LogP contribution < -0.4 is 10.5 Å². The van der Waals surface area contributed by atoms with E-state index < -0.39 is 8.32 Å². The first-order chi connectivity index (χ1) is 9.06. The number of ether oxygens (including phenoxy) is 1. The first-order valence-corrected chi connectivity index (χ1v) is 9.71. The maximum atomic E-state index is 13.5. The second-order valence-electron chi connectivity index (χ2n) is 6.60. The first kappa shape index (κ1) is 17.1. The predicted molar refractivity (Wildman–Crippen MR) is 83.0 cm³/mol. The lowest BCUT2D eigenvalue weighted by Gasteiger charge is -2.37. The minimum Gasteiger partial charge on any atom is -0.497 e. The van der Waals surface area contributed by atoms with Gasteiger partial charge in [-0.3, -0.25) is 0 Å². The van der Waals surface area contributed by atoms with Gasteiger partial charge >= 0.3 is 0 Å². The smallest absolute Gasteiger partial charge is 0.192 e. The second kappa shape index (κ2) is 6.24. The molecule has 1 aromatic rings.